The van der Waals surface area contributed by atoms with Gasteiger partial charge in [0.1, 0.15) is 12.2 Å². The molecule has 0 bridgehead atoms. The Balaban J connectivity index is 1.19. The first-order valence-corrected chi connectivity index (χ1v) is 12.5. The minimum atomic E-state index is -0.807. The van der Waals surface area contributed by atoms with Gasteiger partial charge in [-0.05, 0) is 17.2 Å². The quantitative estimate of drug-likeness (QED) is 0.293. The minimum Gasteiger partial charge on any atom is -0.459 e. The number of aromatic amines is 1. The zero-order chi connectivity index (χ0) is 26.2. The Morgan fingerprint density at radius 1 is 1.00 bits per heavy atom. The third kappa shape index (κ3) is 4.86. The molecule has 194 valence electrons. The predicted molar refractivity (Wildman–Crippen MR) is 140 cm³/mol. The van der Waals surface area contributed by atoms with E-state index in [0.717, 1.165) is 22.3 Å². The van der Waals surface area contributed by atoms with E-state index in [4.69, 9.17) is 25.6 Å². The smallest absolute Gasteiger partial charge is 0.296 e. The Morgan fingerprint density at radius 3 is 2.32 bits per heavy atom. The lowest BCUT2D eigenvalue weighted by molar-refractivity contribution is -0.131. The number of rotatable bonds is 6. The van der Waals surface area contributed by atoms with Crippen LogP contribution in [-0.4, -0.2) is 66.8 Å². The zero-order valence-electron chi connectivity index (χ0n) is 20.3. The molecule has 0 saturated carbocycles. The number of aliphatic hydroxyl groups excluding tert-OH is 2. The number of aliphatic hydroxyl groups is 2. The molecule has 38 heavy (non-hydrogen) atoms. The van der Waals surface area contributed by atoms with Crippen LogP contribution in [0.25, 0.3) is 44.9 Å². The van der Waals surface area contributed by atoms with Gasteiger partial charge in [-0.1, -0.05) is 65.3 Å². The van der Waals surface area contributed by atoms with Crippen LogP contribution in [0.4, 0.5) is 0 Å². The Labute approximate surface area is 222 Å². The summed E-state index contributed by atoms with van der Waals surface area (Å²) in [4.78, 5) is 16.4. The fourth-order valence-corrected chi connectivity index (χ4v) is 4.71. The molecule has 0 spiro atoms. The van der Waals surface area contributed by atoms with Gasteiger partial charge < -0.3 is 29.2 Å². The lowest BCUT2D eigenvalue weighted by atomic mass is 10.0. The van der Waals surface area contributed by atoms with Gasteiger partial charge in [-0.2, -0.15) is 9.97 Å². The van der Waals surface area contributed by atoms with Gasteiger partial charge in [-0.3, -0.25) is 0 Å². The highest BCUT2D eigenvalue weighted by Gasteiger charge is 2.31. The molecule has 1 aliphatic rings. The molecule has 0 aliphatic carbocycles. The van der Waals surface area contributed by atoms with Crippen molar-refractivity contribution >= 4 is 22.8 Å². The fourth-order valence-electron chi connectivity index (χ4n) is 4.45. The maximum absolute atomic E-state index is 10.1. The van der Waals surface area contributed by atoms with Crippen molar-refractivity contribution in [2.24, 2.45) is 0 Å². The molecule has 1 fully saturated rings. The van der Waals surface area contributed by atoms with E-state index in [1.54, 1.807) is 13.0 Å². The third-order valence-corrected chi connectivity index (χ3v) is 6.74. The first kappa shape index (κ1) is 24.5. The second-order valence-corrected chi connectivity index (χ2v) is 9.53. The molecule has 11 heteroatoms. The van der Waals surface area contributed by atoms with E-state index in [2.05, 4.69) is 25.1 Å². The molecule has 1 aliphatic heterocycles. The molecule has 1 saturated heterocycles. The van der Waals surface area contributed by atoms with E-state index in [1.807, 2.05) is 48.5 Å². The first-order valence-electron chi connectivity index (χ1n) is 12.1. The van der Waals surface area contributed by atoms with Crippen LogP contribution in [-0.2, 0) is 4.74 Å². The number of fused-ring (bicyclic) bond motifs is 1. The fraction of sp³-hybridized carbons (Fsp3) is 0.259. The summed E-state index contributed by atoms with van der Waals surface area (Å²) in [6.45, 7) is 1.76. The molecule has 0 amide bonds. The number of ether oxygens (including phenoxy) is 2. The van der Waals surface area contributed by atoms with Crippen LogP contribution in [0.2, 0.25) is 5.02 Å². The second-order valence-electron chi connectivity index (χ2n) is 9.12. The molecular weight excluding hydrogens is 510 g/mol. The predicted octanol–water partition coefficient (Wildman–Crippen LogP) is 4.19. The maximum atomic E-state index is 10.1. The van der Waals surface area contributed by atoms with E-state index >= 15 is 0 Å². The molecule has 0 radical (unpaired) electrons. The largest absolute Gasteiger partial charge is 0.459 e. The van der Waals surface area contributed by atoms with Crippen LogP contribution in [0.15, 0.2) is 59.1 Å². The lowest BCUT2D eigenvalue weighted by Crippen LogP contribution is -2.45. The molecule has 5 aromatic rings. The summed E-state index contributed by atoms with van der Waals surface area (Å²) in [7, 11) is 0. The van der Waals surface area contributed by atoms with Gasteiger partial charge in [-0.15, -0.1) is 0 Å². The number of hydrogen-bond acceptors (Lipinski definition) is 9. The van der Waals surface area contributed by atoms with Crippen LogP contribution < -0.4 is 4.74 Å². The summed E-state index contributed by atoms with van der Waals surface area (Å²) in [5.41, 5.74) is 5.52. The Hall–Kier alpha value is -3.83. The van der Waals surface area contributed by atoms with Gasteiger partial charge in [0.25, 0.3) is 6.01 Å². The van der Waals surface area contributed by atoms with Gasteiger partial charge in [0.15, 0.2) is 5.65 Å². The van der Waals surface area contributed by atoms with Crippen LogP contribution in [0.1, 0.15) is 12.3 Å². The van der Waals surface area contributed by atoms with Crippen molar-refractivity contribution in [1.29, 1.82) is 0 Å². The van der Waals surface area contributed by atoms with Gasteiger partial charge in [-0.25, -0.2) is 4.98 Å². The number of aryl methyl sites for hydroxylation is 1. The van der Waals surface area contributed by atoms with Crippen molar-refractivity contribution < 1.29 is 24.2 Å². The highest BCUT2D eigenvalue weighted by atomic mass is 35.5. The van der Waals surface area contributed by atoms with Crippen molar-refractivity contribution in [2.75, 3.05) is 13.2 Å². The third-order valence-electron chi connectivity index (χ3n) is 6.46. The van der Waals surface area contributed by atoms with E-state index < -0.39 is 18.3 Å². The number of hydrogen-bond donors (Lipinski definition) is 3. The monoisotopic (exact) mass is 533 g/mol. The van der Waals surface area contributed by atoms with E-state index in [0.29, 0.717) is 40.0 Å². The van der Waals surface area contributed by atoms with Crippen LogP contribution in [0.5, 0.6) is 6.01 Å². The number of imidazole rings is 1. The SMILES string of the molecule is Cc1nc(-c2ccc(-c3ccc(-c4nc5nc(OC6COC(CO)C(O)C6)[nH]c5cc4Cl)cc3)cc2)no1. The molecule has 4 heterocycles. The number of nitrogens with zero attached hydrogens (tertiary/aromatic N) is 4. The minimum absolute atomic E-state index is 0.238. The van der Waals surface area contributed by atoms with Crippen molar-refractivity contribution in [3.63, 3.8) is 0 Å². The molecule has 6 rings (SSSR count). The second kappa shape index (κ2) is 10.1. The van der Waals surface area contributed by atoms with Crippen LogP contribution in [0, 0.1) is 6.92 Å². The summed E-state index contributed by atoms with van der Waals surface area (Å²) in [6, 6.07) is 17.9. The Kier molecular flexibility index (Phi) is 6.54. The van der Waals surface area contributed by atoms with Crippen molar-refractivity contribution in [1.82, 2.24) is 25.1 Å². The van der Waals surface area contributed by atoms with Crippen molar-refractivity contribution in [3.8, 4) is 39.8 Å². The maximum Gasteiger partial charge on any atom is 0.296 e. The molecule has 3 unspecified atom stereocenters. The van der Waals surface area contributed by atoms with Crippen molar-refractivity contribution in [3.05, 3.63) is 65.5 Å². The summed E-state index contributed by atoms with van der Waals surface area (Å²) >= 11 is 6.58. The Morgan fingerprint density at radius 2 is 1.68 bits per heavy atom. The van der Waals surface area contributed by atoms with E-state index in [-0.39, 0.29) is 19.2 Å². The summed E-state index contributed by atoms with van der Waals surface area (Å²) in [5.74, 6) is 1.09. The lowest BCUT2D eigenvalue weighted by Gasteiger charge is -2.31. The first-order chi connectivity index (χ1) is 18.5. The number of nitrogens with one attached hydrogen (secondary N) is 1. The normalized spacial score (nSPS) is 19.6. The average molecular weight is 534 g/mol. The van der Waals surface area contributed by atoms with Gasteiger partial charge in [0.05, 0.1) is 35.6 Å². The number of aromatic nitrogens is 5. The van der Waals surface area contributed by atoms with Gasteiger partial charge >= 0.3 is 0 Å². The van der Waals surface area contributed by atoms with Gasteiger partial charge in [0.2, 0.25) is 11.7 Å². The molecule has 3 atom stereocenters. The van der Waals surface area contributed by atoms with Gasteiger partial charge in [0, 0.05) is 24.5 Å². The zero-order valence-corrected chi connectivity index (χ0v) is 21.1. The number of benzene rings is 2. The topological polar surface area (TPSA) is 139 Å². The Bertz CT molecular complexity index is 1570. The average Bonchev–Trinajstić information content (AvgIpc) is 3.53. The van der Waals surface area contributed by atoms with Crippen LogP contribution in [0.3, 0.4) is 0 Å². The molecule has 2 aromatic carbocycles. The molecule has 3 N–H and O–H groups in total. The van der Waals surface area contributed by atoms with E-state index in [1.165, 1.54) is 0 Å². The molecule has 10 nitrogen and oxygen atoms in total. The van der Waals surface area contributed by atoms with Crippen molar-refractivity contribution in [2.45, 2.75) is 31.7 Å². The summed E-state index contributed by atoms with van der Waals surface area (Å²) < 4.78 is 16.4. The van der Waals surface area contributed by atoms with E-state index in [9.17, 15) is 10.2 Å². The highest BCUT2D eigenvalue weighted by molar-refractivity contribution is 6.33. The number of halogens is 1. The summed E-state index contributed by atoms with van der Waals surface area (Å²) in [5, 5.41) is 23.7. The summed E-state index contributed by atoms with van der Waals surface area (Å²) in [6.07, 6.45) is -1.48. The number of H-pyrrole nitrogens is 1. The van der Waals surface area contributed by atoms with Crippen LogP contribution >= 0.6 is 11.6 Å². The molecule has 3 aromatic heterocycles. The number of pyridine rings is 1. The molecular formula is C27H24ClN5O5. The standard InChI is InChI=1S/C27H24ClN5O5/c1-14-29-25(33-38-14)18-8-4-16(5-9-18)15-2-6-17(7-3-15)24-20(28)11-21-26(31-24)32-27(30-21)37-19-10-22(35)23(12-34)36-13-19/h2-9,11,19,22-23,34-35H,10,12-13H2,1H3,(H,30,31,32). The highest BCUT2D eigenvalue weighted by Crippen LogP contribution is 2.32.